The summed E-state index contributed by atoms with van der Waals surface area (Å²) < 4.78 is 5.65. The zero-order valence-corrected chi connectivity index (χ0v) is 14.1. The number of nitriles is 1. The van der Waals surface area contributed by atoms with E-state index in [1.165, 1.54) is 18.9 Å². The molecule has 2 aromatic carbocycles. The van der Waals surface area contributed by atoms with Gasteiger partial charge in [-0.1, -0.05) is 39.8 Å². The standard InChI is InChI=1S/C17H12BrNO2S/c1-21-17(20)13-4-2-12(3-5-13)10-16(11-19)22-15-8-6-14(18)7-9-15/h2-10H,1H3/b16-10+. The molecule has 0 aliphatic carbocycles. The van der Waals surface area contributed by atoms with E-state index in [4.69, 9.17) is 0 Å². The summed E-state index contributed by atoms with van der Waals surface area (Å²) in [7, 11) is 1.35. The Kier molecular flexibility index (Phi) is 5.82. The number of allylic oxidation sites excluding steroid dienone is 1. The van der Waals surface area contributed by atoms with Crippen LogP contribution < -0.4 is 0 Å². The van der Waals surface area contributed by atoms with Crippen LogP contribution in [0.5, 0.6) is 0 Å². The van der Waals surface area contributed by atoms with E-state index < -0.39 is 0 Å². The summed E-state index contributed by atoms with van der Waals surface area (Å²) in [6.07, 6.45) is 1.79. The van der Waals surface area contributed by atoms with Gasteiger partial charge in [0.2, 0.25) is 0 Å². The van der Waals surface area contributed by atoms with Crippen LogP contribution in [-0.2, 0) is 4.74 Å². The molecular weight excluding hydrogens is 362 g/mol. The maximum Gasteiger partial charge on any atom is 0.337 e. The fraction of sp³-hybridized carbons (Fsp3) is 0.0588. The first-order valence-electron chi connectivity index (χ1n) is 6.36. The summed E-state index contributed by atoms with van der Waals surface area (Å²) in [4.78, 5) is 12.9. The summed E-state index contributed by atoms with van der Waals surface area (Å²) >= 11 is 4.77. The fourth-order valence-electron chi connectivity index (χ4n) is 1.70. The molecule has 0 radical (unpaired) electrons. The minimum absolute atomic E-state index is 0.375. The van der Waals surface area contributed by atoms with Gasteiger partial charge in [-0.05, 0) is 48.0 Å². The van der Waals surface area contributed by atoms with Crippen LogP contribution in [0.15, 0.2) is 62.8 Å². The lowest BCUT2D eigenvalue weighted by molar-refractivity contribution is 0.0601. The molecule has 2 rings (SSSR count). The lowest BCUT2D eigenvalue weighted by Gasteiger charge is -2.02. The predicted octanol–water partition coefficient (Wildman–Crippen LogP) is 4.89. The quantitative estimate of drug-likeness (QED) is 0.434. The monoisotopic (exact) mass is 373 g/mol. The number of ether oxygens (including phenoxy) is 1. The van der Waals surface area contributed by atoms with Crippen molar-refractivity contribution in [3.8, 4) is 6.07 Å². The van der Waals surface area contributed by atoms with Crippen molar-refractivity contribution in [2.75, 3.05) is 7.11 Å². The number of carbonyl (C=O) groups is 1. The third-order valence-corrected chi connectivity index (χ3v) is 4.25. The SMILES string of the molecule is COC(=O)c1ccc(/C=C(\C#N)Sc2ccc(Br)cc2)cc1. The van der Waals surface area contributed by atoms with E-state index in [9.17, 15) is 10.1 Å². The highest BCUT2D eigenvalue weighted by molar-refractivity contribution is 9.10. The summed E-state index contributed by atoms with van der Waals surface area (Å²) in [6.45, 7) is 0. The van der Waals surface area contributed by atoms with E-state index in [0.717, 1.165) is 14.9 Å². The molecule has 3 nitrogen and oxygen atoms in total. The molecule has 5 heteroatoms. The van der Waals surface area contributed by atoms with Crippen LogP contribution in [0.1, 0.15) is 15.9 Å². The Morgan fingerprint density at radius 1 is 1.18 bits per heavy atom. The molecule has 0 saturated heterocycles. The highest BCUT2D eigenvalue weighted by Gasteiger charge is 2.05. The molecule has 0 aliphatic rings. The topological polar surface area (TPSA) is 50.1 Å². The van der Waals surface area contributed by atoms with Crippen molar-refractivity contribution in [2.24, 2.45) is 0 Å². The van der Waals surface area contributed by atoms with Gasteiger partial charge in [0, 0.05) is 9.37 Å². The number of hydrogen-bond acceptors (Lipinski definition) is 4. The average Bonchev–Trinajstić information content (AvgIpc) is 2.56. The number of rotatable bonds is 4. The number of carbonyl (C=O) groups excluding carboxylic acids is 1. The van der Waals surface area contributed by atoms with Crippen LogP contribution in [0.2, 0.25) is 0 Å². The van der Waals surface area contributed by atoms with Crippen molar-refractivity contribution in [1.82, 2.24) is 0 Å². The fourth-order valence-corrected chi connectivity index (χ4v) is 2.73. The third-order valence-electron chi connectivity index (χ3n) is 2.78. The van der Waals surface area contributed by atoms with Gasteiger partial charge in [0.1, 0.15) is 6.07 Å². The molecule has 0 heterocycles. The molecule has 0 spiro atoms. The summed E-state index contributed by atoms with van der Waals surface area (Å²) in [6, 6.07) is 16.9. The van der Waals surface area contributed by atoms with Crippen LogP contribution in [0.25, 0.3) is 6.08 Å². The molecule has 22 heavy (non-hydrogen) atoms. The van der Waals surface area contributed by atoms with E-state index in [1.807, 2.05) is 24.3 Å². The Balaban J connectivity index is 2.16. The number of halogens is 1. The average molecular weight is 374 g/mol. The Labute approximate surface area is 141 Å². The van der Waals surface area contributed by atoms with Crippen LogP contribution in [0.3, 0.4) is 0 Å². The van der Waals surface area contributed by atoms with E-state index in [-0.39, 0.29) is 5.97 Å². The van der Waals surface area contributed by atoms with E-state index in [1.54, 1.807) is 30.3 Å². The second kappa shape index (κ2) is 7.83. The molecule has 0 bridgehead atoms. The molecule has 2 aromatic rings. The van der Waals surface area contributed by atoms with Crippen molar-refractivity contribution in [3.63, 3.8) is 0 Å². The van der Waals surface area contributed by atoms with Gasteiger partial charge >= 0.3 is 5.97 Å². The van der Waals surface area contributed by atoms with E-state index in [0.29, 0.717) is 10.5 Å². The minimum atomic E-state index is -0.375. The van der Waals surface area contributed by atoms with Crippen LogP contribution in [-0.4, -0.2) is 13.1 Å². The van der Waals surface area contributed by atoms with Gasteiger partial charge in [-0.3, -0.25) is 0 Å². The molecule has 0 saturated carbocycles. The van der Waals surface area contributed by atoms with Gasteiger partial charge in [0.25, 0.3) is 0 Å². The molecule has 0 fully saturated rings. The van der Waals surface area contributed by atoms with E-state index in [2.05, 4.69) is 26.7 Å². The Bertz CT molecular complexity index is 731. The molecule has 0 aromatic heterocycles. The van der Waals surface area contributed by atoms with Crippen LogP contribution >= 0.6 is 27.7 Å². The van der Waals surface area contributed by atoms with Gasteiger partial charge in [0.05, 0.1) is 17.6 Å². The number of hydrogen-bond donors (Lipinski definition) is 0. The minimum Gasteiger partial charge on any atom is -0.465 e. The number of thioether (sulfide) groups is 1. The lowest BCUT2D eigenvalue weighted by atomic mass is 10.1. The zero-order valence-electron chi connectivity index (χ0n) is 11.7. The lowest BCUT2D eigenvalue weighted by Crippen LogP contribution is -2.00. The second-order valence-corrected chi connectivity index (χ2v) is 6.32. The summed E-state index contributed by atoms with van der Waals surface area (Å²) in [5.74, 6) is -0.375. The number of nitrogens with zero attached hydrogens (tertiary/aromatic N) is 1. The first kappa shape index (κ1) is 16.3. The number of esters is 1. The van der Waals surface area contributed by atoms with Crippen molar-refractivity contribution >= 4 is 39.7 Å². The molecule has 0 atom stereocenters. The molecule has 0 unspecified atom stereocenters. The van der Waals surface area contributed by atoms with Gasteiger partial charge in [-0.2, -0.15) is 5.26 Å². The Morgan fingerprint density at radius 2 is 1.82 bits per heavy atom. The molecule has 0 amide bonds. The van der Waals surface area contributed by atoms with Crippen molar-refractivity contribution in [3.05, 3.63) is 69.0 Å². The Hall–Kier alpha value is -2.03. The number of methoxy groups -OCH3 is 1. The molecule has 0 N–H and O–H groups in total. The first-order valence-corrected chi connectivity index (χ1v) is 7.97. The maximum absolute atomic E-state index is 11.4. The van der Waals surface area contributed by atoms with Gasteiger partial charge in [0.15, 0.2) is 0 Å². The maximum atomic E-state index is 11.4. The first-order chi connectivity index (χ1) is 10.6. The summed E-state index contributed by atoms with van der Waals surface area (Å²) in [5.41, 5.74) is 1.34. The second-order valence-electron chi connectivity index (χ2n) is 4.29. The largest absolute Gasteiger partial charge is 0.465 e. The number of benzene rings is 2. The summed E-state index contributed by atoms with van der Waals surface area (Å²) in [5, 5.41) is 9.26. The highest BCUT2D eigenvalue weighted by Crippen LogP contribution is 2.28. The van der Waals surface area contributed by atoms with Gasteiger partial charge in [-0.15, -0.1) is 0 Å². The van der Waals surface area contributed by atoms with Crippen molar-refractivity contribution < 1.29 is 9.53 Å². The van der Waals surface area contributed by atoms with Crippen molar-refractivity contribution in [1.29, 1.82) is 5.26 Å². The smallest absolute Gasteiger partial charge is 0.337 e. The van der Waals surface area contributed by atoms with Gasteiger partial charge < -0.3 is 4.74 Å². The normalized spacial score (nSPS) is 10.9. The zero-order chi connectivity index (χ0) is 15.9. The van der Waals surface area contributed by atoms with Crippen LogP contribution in [0.4, 0.5) is 0 Å². The molecular formula is C17H12BrNO2S. The van der Waals surface area contributed by atoms with E-state index >= 15 is 0 Å². The molecule has 110 valence electrons. The van der Waals surface area contributed by atoms with Gasteiger partial charge in [-0.25, -0.2) is 4.79 Å². The predicted molar refractivity (Wildman–Crippen MR) is 91.4 cm³/mol. The third kappa shape index (κ3) is 4.48. The Morgan fingerprint density at radius 3 is 2.36 bits per heavy atom. The van der Waals surface area contributed by atoms with Crippen LogP contribution in [0, 0.1) is 11.3 Å². The van der Waals surface area contributed by atoms with Crippen molar-refractivity contribution in [2.45, 2.75) is 4.90 Å². The molecule has 0 aliphatic heterocycles. The highest BCUT2D eigenvalue weighted by atomic mass is 79.9.